The zero-order chi connectivity index (χ0) is 21.3. The van der Waals surface area contributed by atoms with Crippen LogP contribution in [0.1, 0.15) is 21.7 Å². The Kier molecular flexibility index (Phi) is 5.81. The lowest BCUT2D eigenvalue weighted by molar-refractivity contribution is 0.102. The van der Waals surface area contributed by atoms with E-state index in [0.29, 0.717) is 38.7 Å². The van der Waals surface area contributed by atoms with Crippen molar-refractivity contribution in [3.05, 3.63) is 86.6 Å². The number of aromatic amines is 1. The molecule has 0 spiro atoms. The Morgan fingerprint density at radius 2 is 1.87 bits per heavy atom. The Morgan fingerprint density at radius 1 is 1.07 bits per heavy atom. The number of aryl methyl sites for hydroxylation is 1. The van der Waals surface area contributed by atoms with Gasteiger partial charge in [0.15, 0.2) is 5.82 Å². The van der Waals surface area contributed by atoms with E-state index in [1.165, 1.54) is 0 Å². The number of carbonyl (C=O) groups excluding carboxylic acids is 1. The molecule has 0 aliphatic carbocycles. The molecule has 1 amide bonds. The van der Waals surface area contributed by atoms with E-state index in [9.17, 15) is 4.79 Å². The fourth-order valence-electron chi connectivity index (χ4n) is 2.98. The van der Waals surface area contributed by atoms with Gasteiger partial charge in [-0.15, -0.1) is 0 Å². The minimum atomic E-state index is -0.360. The van der Waals surface area contributed by atoms with Gasteiger partial charge in [0.05, 0.1) is 17.3 Å². The summed E-state index contributed by atoms with van der Waals surface area (Å²) in [6.07, 6.45) is 0. The fourth-order valence-corrected chi connectivity index (χ4v) is 3.68. The third-order valence-electron chi connectivity index (χ3n) is 4.53. The van der Waals surface area contributed by atoms with E-state index in [1.807, 2.05) is 31.2 Å². The largest absolute Gasteiger partial charge is 0.304 e. The van der Waals surface area contributed by atoms with Gasteiger partial charge in [0, 0.05) is 27.4 Å². The molecule has 30 heavy (non-hydrogen) atoms. The number of H-pyrrole nitrogens is 1. The maximum absolute atomic E-state index is 12.6. The number of aromatic nitrogens is 4. The van der Waals surface area contributed by atoms with Gasteiger partial charge < -0.3 is 5.32 Å². The van der Waals surface area contributed by atoms with Gasteiger partial charge in [0.1, 0.15) is 5.69 Å². The predicted octanol–water partition coefficient (Wildman–Crippen LogP) is 5.84. The predicted molar refractivity (Wildman–Crippen MR) is 120 cm³/mol. The molecule has 0 aliphatic rings. The third kappa shape index (κ3) is 4.36. The van der Waals surface area contributed by atoms with E-state index >= 15 is 0 Å². The number of carbonyl (C=O) groups is 1. The molecule has 2 heterocycles. The minimum absolute atomic E-state index is 0.286. The number of rotatable bonds is 5. The highest BCUT2D eigenvalue weighted by molar-refractivity contribution is 6.36. The van der Waals surface area contributed by atoms with Crippen molar-refractivity contribution in [1.82, 2.24) is 20.0 Å². The average Bonchev–Trinajstić information content (AvgIpc) is 3.31. The van der Waals surface area contributed by atoms with Gasteiger partial charge in [0.25, 0.3) is 5.91 Å². The van der Waals surface area contributed by atoms with Crippen molar-refractivity contribution in [2.45, 2.75) is 13.5 Å². The summed E-state index contributed by atoms with van der Waals surface area (Å²) in [4.78, 5) is 12.6. The zero-order valence-corrected chi connectivity index (χ0v) is 18.1. The lowest BCUT2D eigenvalue weighted by Crippen LogP contribution is -2.13. The van der Waals surface area contributed by atoms with Crippen molar-refractivity contribution in [3.63, 3.8) is 0 Å². The van der Waals surface area contributed by atoms with E-state index < -0.39 is 0 Å². The first-order valence-corrected chi connectivity index (χ1v) is 10.1. The molecule has 4 aromatic rings. The van der Waals surface area contributed by atoms with Gasteiger partial charge in [-0.1, -0.05) is 53.0 Å². The second-order valence-electron chi connectivity index (χ2n) is 6.67. The molecule has 2 aromatic heterocycles. The highest BCUT2D eigenvalue weighted by Crippen LogP contribution is 2.29. The number of amides is 1. The van der Waals surface area contributed by atoms with Gasteiger partial charge in [-0.05, 0) is 42.8 Å². The van der Waals surface area contributed by atoms with Gasteiger partial charge in [-0.25, -0.2) is 0 Å². The van der Waals surface area contributed by atoms with Crippen LogP contribution >= 0.6 is 34.8 Å². The van der Waals surface area contributed by atoms with Crippen LogP contribution in [-0.2, 0) is 6.54 Å². The molecule has 4 rings (SSSR count). The molecule has 0 aliphatic heterocycles. The standard InChI is InChI=1S/C21H16Cl3N5O/c1-12-8-20(28-29(12)11-13-4-2-3-5-16(13)23)25-21(30)19-10-18(26-27-19)15-7-6-14(22)9-17(15)24/h2-10H,11H2,1H3,(H,26,27)(H,25,28,30). The molecule has 0 saturated heterocycles. The van der Waals surface area contributed by atoms with Crippen molar-refractivity contribution in [2.75, 3.05) is 5.32 Å². The van der Waals surface area contributed by atoms with E-state index in [2.05, 4.69) is 20.6 Å². The molecule has 0 bridgehead atoms. The molecule has 152 valence electrons. The lowest BCUT2D eigenvalue weighted by atomic mass is 10.1. The maximum Gasteiger partial charge on any atom is 0.274 e. The zero-order valence-electron chi connectivity index (χ0n) is 15.8. The van der Waals surface area contributed by atoms with E-state index in [-0.39, 0.29) is 11.6 Å². The van der Waals surface area contributed by atoms with E-state index in [1.54, 1.807) is 35.0 Å². The smallest absolute Gasteiger partial charge is 0.274 e. The van der Waals surface area contributed by atoms with Crippen LogP contribution in [0.2, 0.25) is 15.1 Å². The maximum atomic E-state index is 12.6. The Balaban J connectivity index is 1.50. The number of benzene rings is 2. The normalized spacial score (nSPS) is 10.9. The monoisotopic (exact) mass is 459 g/mol. The van der Waals surface area contributed by atoms with Gasteiger partial charge in [-0.2, -0.15) is 10.2 Å². The second-order valence-corrected chi connectivity index (χ2v) is 7.92. The number of halogens is 3. The Hall–Kier alpha value is -2.80. The number of hydrogen-bond acceptors (Lipinski definition) is 3. The first-order valence-electron chi connectivity index (χ1n) is 9.01. The van der Waals surface area contributed by atoms with Crippen LogP contribution < -0.4 is 5.32 Å². The van der Waals surface area contributed by atoms with Crippen LogP contribution in [-0.4, -0.2) is 25.9 Å². The van der Waals surface area contributed by atoms with Crippen LogP contribution in [0, 0.1) is 6.92 Å². The molecule has 2 aromatic carbocycles. The molecule has 6 nitrogen and oxygen atoms in total. The molecule has 9 heteroatoms. The van der Waals surface area contributed by atoms with Crippen LogP contribution in [0.4, 0.5) is 5.82 Å². The van der Waals surface area contributed by atoms with Crippen LogP contribution in [0.5, 0.6) is 0 Å². The molecular formula is C21H16Cl3N5O. The van der Waals surface area contributed by atoms with Crippen molar-refractivity contribution < 1.29 is 4.79 Å². The Morgan fingerprint density at radius 3 is 2.63 bits per heavy atom. The molecule has 0 radical (unpaired) electrons. The highest BCUT2D eigenvalue weighted by atomic mass is 35.5. The molecule has 2 N–H and O–H groups in total. The summed E-state index contributed by atoms with van der Waals surface area (Å²) in [6.45, 7) is 2.42. The van der Waals surface area contributed by atoms with Gasteiger partial charge >= 0.3 is 0 Å². The van der Waals surface area contributed by atoms with Crippen molar-refractivity contribution in [2.24, 2.45) is 0 Å². The number of nitrogens with zero attached hydrogens (tertiary/aromatic N) is 3. The second kappa shape index (κ2) is 8.52. The summed E-state index contributed by atoms with van der Waals surface area (Å²) in [5, 5.41) is 15.8. The quantitative estimate of drug-likeness (QED) is 0.393. The van der Waals surface area contributed by atoms with Crippen LogP contribution in [0.25, 0.3) is 11.3 Å². The van der Waals surface area contributed by atoms with Gasteiger partial charge in [-0.3, -0.25) is 14.6 Å². The number of hydrogen-bond donors (Lipinski definition) is 2. The van der Waals surface area contributed by atoms with Crippen LogP contribution in [0.15, 0.2) is 54.6 Å². The summed E-state index contributed by atoms with van der Waals surface area (Å²) in [6, 6.07) is 16.1. The molecule has 0 atom stereocenters. The van der Waals surface area contributed by atoms with E-state index in [4.69, 9.17) is 34.8 Å². The van der Waals surface area contributed by atoms with Crippen molar-refractivity contribution >= 4 is 46.5 Å². The topological polar surface area (TPSA) is 75.6 Å². The summed E-state index contributed by atoms with van der Waals surface area (Å²) < 4.78 is 1.78. The first-order chi connectivity index (χ1) is 14.4. The average molecular weight is 461 g/mol. The SMILES string of the molecule is Cc1cc(NC(=O)c2cc(-c3ccc(Cl)cc3Cl)n[nH]2)nn1Cc1ccccc1Cl. The minimum Gasteiger partial charge on any atom is -0.304 e. The summed E-state index contributed by atoms with van der Waals surface area (Å²) in [7, 11) is 0. The van der Waals surface area contributed by atoms with Gasteiger partial charge in [0.2, 0.25) is 0 Å². The number of nitrogens with one attached hydrogen (secondary N) is 2. The molecule has 0 unspecified atom stereocenters. The summed E-state index contributed by atoms with van der Waals surface area (Å²) in [5.74, 6) is 0.0754. The summed E-state index contributed by atoms with van der Waals surface area (Å²) in [5.41, 5.74) is 3.34. The van der Waals surface area contributed by atoms with Crippen molar-refractivity contribution in [1.29, 1.82) is 0 Å². The highest BCUT2D eigenvalue weighted by Gasteiger charge is 2.15. The summed E-state index contributed by atoms with van der Waals surface area (Å²) >= 11 is 18.4. The Bertz CT molecular complexity index is 1230. The Labute approximate surface area is 187 Å². The molecule has 0 saturated carbocycles. The first kappa shape index (κ1) is 20.5. The molecule has 0 fully saturated rings. The van der Waals surface area contributed by atoms with Crippen LogP contribution in [0.3, 0.4) is 0 Å². The molecular weight excluding hydrogens is 445 g/mol. The third-order valence-corrected chi connectivity index (χ3v) is 5.45. The number of anilines is 1. The van der Waals surface area contributed by atoms with Crippen molar-refractivity contribution in [3.8, 4) is 11.3 Å². The fraction of sp³-hybridized carbons (Fsp3) is 0.0952. The lowest BCUT2D eigenvalue weighted by Gasteiger charge is -2.06. The van der Waals surface area contributed by atoms with E-state index in [0.717, 1.165) is 11.3 Å².